The van der Waals surface area contributed by atoms with Crippen LogP contribution in [0.2, 0.25) is 0 Å². The Kier molecular flexibility index (Phi) is 13.0. The van der Waals surface area contributed by atoms with Crippen molar-refractivity contribution in [3.63, 3.8) is 0 Å². The van der Waals surface area contributed by atoms with Crippen LogP contribution >= 0.6 is 0 Å². The van der Waals surface area contributed by atoms with Crippen LogP contribution in [0.5, 0.6) is 0 Å². The lowest BCUT2D eigenvalue weighted by Crippen LogP contribution is -2.57. The Hall–Kier alpha value is -4.16. The maximum absolute atomic E-state index is 13.7. The Balaban J connectivity index is 1.52. The second kappa shape index (κ2) is 16.4. The molecule has 0 aromatic carbocycles. The van der Waals surface area contributed by atoms with E-state index in [-0.39, 0.29) is 41.9 Å². The molecule has 2 aromatic rings. The highest BCUT2D eigenvalue weighted by Gasteiger charge is 2.40. The molecule has 3 N–H and O–H groups in total. The van der Waals surface area contributed by atoms with Crippen molar-refractivity contribution in [2.45, 2.75) is 111 Å². The van der Waals surface area contributed by atoms with Gasteiger partial charge in [0.25, 0.3) is 11.8 Å². The SMILES string of the molecule is CC(C)[C@H](NC(=O)[C@H]1CCCN1C(=O)[C@@H](NC(=O)CCCCCNC(=O)c1ccccn1)C(C)C)C(=O)c1nnc(C(C)(C)C)o1. The smallest absolute Gasteiger partial charge is 0.286 e. The first-order valence-electron chi connectivity index (χ1n) is 16.2. The quantitative estimate of drug-likeness (QED) is 0.195. The molecule has 0 aliphatic carbocycles. The number of nitrogens with zero attached hydrogens (tertiary/aromatic N) is 4. The molecule has 1 fully saturated rings. The van der Waals surface area contributed by atoms with Crippen LogP contribution in [0.4, 0.5) is 0 Å². The minimum absolute atomic E-state index is 0.167. The lowest BCUT2D eigenvalue weighted by atomic mass is 9.97. The van der Waals surface area contributed by atoms with Crippen molar-refractivity contribution in [3.8, 4) is 0 Å². The predicted molar refractivity (Wildman–Crippen MR) is 171 cm³/mol. The fraction of sp³-hybridized carbons (Fsp3) is 0.636. The van der Waals surface area contributed by atoms with Gasteiger partial charge in [0, 0.05) is 31.1 Å². The summed E-state index contributed by atoms with van der Waals surface area (Å²) in [6, 6.07) is 2.66. The Bertz CT molecular complexity index is 1350. The first-order valence-corrected chi connectivity index (χ1v) is 16.2. The van der Waals surface area contributed by atoms with E-state index >= 15 is 0 Å². The number of ketones is 1. The van der Waals surface area contributed by atoms with Crippen molar-refractivity contribution in [1.82, 2.24) is 36.0 Å². The Labute approximate surface area is 271 Å². The van der Waals surface area contributed by atoms with Crippen molar-refractivity contribution in [2.75, 3.05) is 13.1 Å². The fourth-order valence-electron chi connectivity index (χ4n) is 5.16. The molecular weight excluding hydrogens is 590 g/mol. The van der Waals surface area contributed by atoms with Crippen LogP contribution < -0.4 is 16.0 Å². The zero-order valence-electron chi connectivity index (χ0n) is 28.1. The third-order valence-electron chi connectivity index (χ3n) is 7.88. The van der Waals surface area contributed by atoms with Crippen LogP contribution in [0.15, 0.2) is 28.8 Å². The number of rotatable bonds is 15. The van der Waals surface area contributed by atoms with Crippen molar-refractivity contribution in [1.29, 1.82) is 0 Å². The maximum Gasteiger partial charge on any atom is 0.286 e. The highest BCUT2D eigenvalue weighted by atomic mass is 16.4. The average molecular weight is 640 g/mol. The van der Waals surface area contributed by atoms with Gasteiger partial charge in [-0.1, -0.05) is 61.0 Å². The third-order valence-corrected chi connectivity index (χ3v) is 7.88. The van der Waals surface area contributed by atoms with E-state index in [2.05, 4.69) is 31.1 Å². The number of amides is 4. The second-order valence-electron chi connectivity index (χ2n) is 13.5. The summed E-state index contributed by atoms with van der Waals surface area (Å²) >= 11 is 0. The number of hydrogen-bond donors (Lipinski definition) is 3. The van der Waals surface area contributed by atoms with Gasteiger partial charge >= 0.3 is 0 Å². The van der Waals surface area contributed by atoms with E-state index in [0.29, 0.717) is 50.4 Å². The molecule has 13 heteroatoms. The first kappa shape index (κ1) is 36.3. The van der Waals surface area contributed by atoms with Gasteiger partial charge in [-0.3, -0.25) is 29.0 Å². The largest absolute Gasteiger partial charge is 0.418 e. The Morgan fingerprint density at radius 3 is 2.28 bits per heavy atom. The van der Waals surface area contributed by atoms with E-state index < -0.39 is 35.2 Å². The van der Waals surface area contributed by atoms with E-state index in [9.17, 15) is 24.0 Å². The number of carbonyl (C=O) groups excluding carboxylic acids is 5. The summed E-state index contributed by atoms with van der Waals surface area (Å²) in [6.07, 6.45) is 4.89. The molecule has 4 amide bonds. The average Bonchev–Trinajstić information content (AvgIpc) is 3.71. The van der Waals surface area contributed by atoms with Gasteiger partial charge in [0.05, 0.1) is 6.04 Å². The molecule has 1 aliphatic heterocycles. The molecule has 0 unspecified atom stereocenters. The van der Waals surface area contributed by atoms with Crippen LogP contribution in [-0.4, -0.2) is 80.7 Å². The molecule has 252 valence electrons. The first-order chi connectivity index (χ1) is 21.7. The standard InChI is InChI=1S/C33H49N7O6/c1-20(2)25(27(42)30-38-39-32(46-30)33(5,6)7)37-29(44)23-15-13-19-40(23)31(45)26(21(3)4)36-24(41)16-9-8-11-18-35-28(43)22-14-10-12-17-34-22/h10,12,14,17,20-21,23,25-26H,8-9,11,13,15-16,18-19H2,1-7H3,(H,35,43)(H,36,41)(H,37,44)/t23-,25+,26+/m1/s1. The molecule has 0 saturated carbocycles. The van der Waals surface area contributed by atoms with Crippen LogP contribution in [0, 0.1) is 11.8 Å². The molecule has 3 heterocycles. The minimum Gasteiger partial charge on any atom is -0.418 e. The van der Waals surface area contributed by atoms with Gasteiger partial charge in [0.15, 0.2) is 0 Å². The lowest BCUT2D eigenvalue weighted by Gasteiger charge is -2.31. The Morgan fingerprint density at radius 2 is 1.67 bits per heavy atom. The fourth-order valence-corrected chi connectivity index (χ4v) is 5.16. The van der Waals surface area contributed by atoms with Gasteiger partial charge < -0.3 is 25.3 Å². The van der Waals surface area contributed by atoms with E-state index in [1.807, 2.05) is 48.5 Å². The van der Waals surface area contributed by atoms with Crippen LogP contribution in [0.3, 0.4) is 0 Å². The van der Waals surface area contributed by atoms with E-state index in [1.165, 1.54) is 4.90 Å². The monoisotopic (exact) mass is 639 g/mol. The van der Waals surface area contributed by atoms with Crippen molar-refractivity contribution >= 4 is 29.4 Å². The van der Waals surface area contributed by atoms with Gasteiger partial charge in [-0.2, -0.15) is 0 Å². The van der Waals surface area contributed by atoms with E-state index in [1.54, 1.807) is 24.4 Å². The number of Topliss-reactive ketones (excluding diaryl/α,β-unsaturated/α-hetero) is 1. The number of likely N-dealkylation sites (tertiary alicyclic amines) is 1. The number of nitrogens with one attached hydrogen (secondary N) is 3. The lowest BCUT2D eigenvalue weighted by molar-refractivity contribution is -0.142. The van der Waals surface area contributed by atoms with Gasteiger partial charge in [-0.25, -0.2) is 0 Å². The third kappa shape index (κ3) is 9.92. The van der Waals surface area contributed by atoms with Gasteiger partial charge in [0.1, 0.15) is 17.8 Å². The van der Waals surface area contributed by atoms with Crippen molar-refractivity contribution in [3.05, 3.63) is 41.9 Å². The summed E-state index contributed by atoms with van der Waals surface area (Å²) in [7, 11) is 0. The minimum atomic E-state index is -0.915. The number of aromatic nitrogens is 3. The molecular formula is C33H49N7O6. The molecule has 13 nitrogen and oxygen atoms in total. The van der Waals surface area contributed by atoms with Crippen molar-refractivity contribution < 1.29 is 28.4 Å². The molecule has 0 spiro atoms. The van der Waals surface area contributed by atoms with Gasteiger partial charge in [-0.05, 0) is 49.7 Å². The molecule has 1 saturated heterocycles. The van der Waals surface area contributed by atoms with Crippen molar-refractivity contribution in [2.24, 2.45) is 11.8 Å². The molecule has 0 bridgehead atoms. The van der Waals surface area contributed by atoms with Crippen LogP contribution in [0.25, 0.3) is 0 Å². The zero-order valence-corrected chi connectivity index (χ0v) is 28.1. The zero-order chi connectivity index (χ0) is 34.0. The topological polar surface area (TPSA) is 176 Å². The summed E-state index contributed by atoms with van der Waals surface area (Å²) in [5, 5.41) is 16.4. The van der Waals surface area contributed by atoms with Crippen LogP contribution in [-0.2, 0) is 19.8 Å². The molecule has 46 heavy (non-hydrogen) atoms. The number of pyridine rings is 1. The number of hydrogen-bond acceptors (Lipinski definition) is 9. The van der Waals surface area contributed by atoms with Gasteiger partial charge in [0.2, 0.25) is 29.4 Å². The number of unbranched alkanes of at least 4 members (excludes halogenated alkanes) is 2. The summed E-state index contributed by atoms with van der Waals surface area (Å²) in [4.78, 5) is 70.9. The molecule has 0 radical (unpaired) electrons. The summed E-state index contributed by atoms with van der Waals surface area (Å²) in [5.74, 6) is -2.04. The second-order valence-corrected chi connectivity index (χ2v) is 13.5. The molecule has 2 aromatic heterocycles. The maximum atomic E-state index is 13.7. The summed E-state index contributed by atoms with van der Waals surface area (Å²) in [5.41, 5.74) is -0.0784. The summed E-state index contributed by atoms with van der Waals surface area (Å²) in [6.45, 7) is 13.8. The predicted octanol–water partition coefficient (Wildman–Crippen LogP) is 3.21. The highest BCUT2D eigenvalue weighted by molar-refractivity contribution is 6.00. The van der Waals surface area contributed by atoms with Crippen LogP contribution in [0.1, 0.15) is 114 Å². The Morgan fingerprint density at radius 1 is 0.957 bits per heavy atom. The van der Waals surface area contributed by atoms with E-state index in [0.717, 1.165) is 6.42 Å². The van der Waals surface area contributed by atoms with E-state index in [4.69, 9.17) is 4.42 Å². The molecule has 3 rings (SSSR count). The summed E-state index contributed by atoms with van der Waals surface area (Å²) < 4.78 is 5.63. The van der Waals surface area contributed by atoms with Gasteiger partial charge in [-0.15, -0.1) is 10.2 Å². The molecule has 1 aliphatic rings. The number of carbonyl (C=O) groups is 5. The molecule has 3 atom stereocenters. The normalized spacial score (nSPS) is 16.3. The highest BCUT2D eigenvalue weighted by Crippen LogP contribution is 2.23.